The van der Waals surface area contributed by atoms with Crippen molar-refractivity contribution in [2.24, 2.45) is 0 Å². The Kier molecular flexibility index (Phi) is 7.14. The van der Waals surface area contributed by atoms with Crippen LogP contribution in [0.3, 0.4) is 0 Å². The summed E-state index contributed by atoms with van der Waals surface area (Å²) in [7, 11) is 0. The van der Waals surface area contributed by atoms with Crippen molar-refractivity contribution in [2.45, 2.75) is 38.0 Å². The first kappa shape index (κ1) is 20.2. The Morgan fingerprint density at radius 1 is 1.22 bits per heavy atom. The molecule has 27 heavy (non-hydrogen) atoms. The van der Waals surface area contributed by atoms with Gasteiger partial charge in [0.2, 0.25) is 5.91 Å². The minimum absolute atomic E-state index is 0.0144. The van der Waals surface area contributed by atoms with E-state index in [2.05, 4.69) is 21.7 Å². The number of ether oxygens (including phenoxy) is 1. The molecule has 0 aromatic heterocycles. The standard InChI is InChI=1S/C17H23Cl2N5O3/c18-12-4-11(5-13(19)6-12)10-27-17(26)24-8-15(9-24)21-16(25)3-1-2-14-7-20-23-22-14/h4-6,14-15,20,22-23H,1-3,7-10H2,(H,21,25). The molecule has 0 saturated carbocycles. The molecule has 1 unspecified atom stereocenters. The summed E-state index contributed by atoms with van der Waals surface area (Å²) in [6.07, 6.45) is 1.80. The first-order chi connectivity index (χ1) is 13.0. The fraction of sp³-hybridized carbons (Fsp3) is 0.529. The molecule has 8 nitrogen and oxygen atoms in total. The van der Waals surface area contributed by atoms with E-state index in [4.69, 9.17) is 27.9 Å². The van der Waals surface area contributed by atoms with Crippen molar-refractivity contribution in [3.63, 3.8) is 0 Å². The fourth-order valence-electron chi connectivity index (χ4n) is 3.01. The van der Waals surface area contributed by atoms with Crippen LogP contribution in [0.25, 0.3) is 0 Å². The fourth-order valence-corrected chi connectivity index (χ4v) is 3.58. The zero-order valence-electron chi connectivity index (χ0n) is 14.8. The molecule has 2 heterocycles. The molecule has 0 bridgehead atoms. The third kappa shape index (κ3) is 6.22. The largest absolute Gasteiger partial charge is 0.445 e. The summed E-state index contributed by atoms with van der Waals surface area (Å²) in [6.45, 7) is 1.87. The maximum atomic E-state index is 12.0. The molecule has 2 aliphatic heterocycles. The summed E-state index contributed by atoms with van der Waals surface area (Å²) in [5.41, 5.74) is 9.62. The lowest BCUT2D eigenvalue weighted by Crippen LogP contribution is -2.61. The third-order valence-electron chi connectivity index (χ3n) is 4.46. The second-order valence-electron chi connectivity index (χ2n) is 6.74. The summed E-state index contributed by atoms with van der Waals surface area (Å²) in [4.78, 5) is 25.5. The minimum atomic E-state index is -0.413. The van der Waals surface area contributed by atoms with Crippen LogP contribution in [0.2, 0.25) is 10.0 Å². The summed E-state index contributed by atoms with van der Waals surface area (Å²) in [6, 6.07) is 5.36. The molecule has 0 spiro atoms. The summed E-state index contributed by atoms with van der Waals surface area (Å²) < 4.78 is 5.26. The second-order valence-corrected chi connectivity index (χ2v) is 7.61. The van der Waals surface area contributed by atoms with Crippen molar-refractivity contribution in [3.05, 3.63) is 33.8 Å². The molecule has 2 aliphatic rings. The van der Waals surface area contributed by atoms with Crippen molar-refractivity contribution in [1.29, 1.82) is 0 Å². The molecule has 2 amide bonds. The molecular formula is C17H23Cl2N5O3. The van der Waals surface area contributed by atoms with Gasteiger partial charge in [0.15, 0.2) is 0 Å². The number of rotatable bonds is 7. The van der Waals surface area contributed by atoms with Gasteiger partial charge in [-0.2, -0.15) is 5.53 Å². The Morgan fingerprint density at radius 2 is 1.96 bits per heavy atom. The molecule has 4 N–H and O–H groups in total. The zero-order chi connectivity index (χ0) is 19.2. The lowest BCUT2D eigenvalue weighted by Gasteiger charge is -2.38. The van der Waals surface area contributed by atoms with Crippen LogP contribution in [-0.2, 0) is 16.1 Å². The highest BCUT2D eigenvalue weighted by Crippen LogP contribution is 2.20. The Bertz CT molecular complexity index is 658. The minimum Gasteiger partial charge on any atom is -0.445 e. The number of halogens is 2. The van der Waals surface area contributed by atoms with Crippen LogP contribution in [0.4, 0.5) is 4.79 Å². The van der Waals surface area contributed by atoms with E-state index in [1.54, 1.807) is 23.1 Å². The molecule has 3 rings (SSSR count). The van der Waals surface area contributed by atoms with E-state index in [9.17, 15) is 9.59 Å². The van der Waals surface area contributed by atoms with Crippen molar-refractivity contribution in [1.82, 2.24) is 26.6 Å². The van der Waals surface area contributed by atoms with Crippen LogP contribution in [0.5, 0.6) is 0 Å². The topological polar surface area (TPSA) is 94.7 Å². The molecule has 0 aliphatic carbocycles. The first-order valence-electron chi connectivity index (χ1n) is 8.89. The smallest absolute Gasteiger partial charge is 0.410 e. The number of likely N-dealkylation sites (tertiary alicyclic amines) is 1. The quantitative estimate of drug-likeness (QED) is 0.539. The van der Waals surface area contributed by atoms with Gasteiger partial charge in [0.25, 0.3) is 0 Å². The summed E-state index contributed by atoms with van der Waals surface area (Å²) in [5, 5.41) is 3.93. The van der Waals surface area contributed by atoms with E-state index >= 15 is 0 Å². The van der Waals surface area contributed by atoms with Gasteiger partial charge in [0.1, 0.15) is 6.61 Å². The van der Waals surface area contributed by atoms with Crippen LogP contribution in [0.1, 0.15) is 24.8 Å². The van der Waals surface area contributed by atoms with Crippen molar-refractivity contribution >= 4 is 35.2 Å². The van der Waals surface area contributed by atoms with Crippen LogP contribution in [-0.4, -0.2) is 48.6 Å². The van der Waals surface area contributed by atoms with Gasteiger partial charge in [-0.05, 0) is 36.6 Å². The van der Waals surface area contributed by atoms with Gasteiger partial charge in [0.05, 0.1) is 6.04 Å². The molecule has 2 fully saturated rings. The predicted molar refractivity (Wildman–Crippen MR) is 102 cm³/mol. The number of hydrazine groups is 2. The van der Waals surface area contributed by atoms with Gasteiger partial charge in [-0.25, -0.2) is 15.6 Å². The Hall–Kier alpha value is -1.58. The van der Waals surface area contributed by atoms with Gasteiger partial charge in [-0.15, -0.1) is 0 Å². The van der Waals surface area contributed by atoms with E-state index in [1.165, 1.54) is 0 Å². The number of carbonyl (C=O) groups is 2. The zero-order valence-corrected chi connectivity index (χ0v) is 16.3. The SMILES string of the molecule is O=C(CCCC1CNNN1)NC1CN(C(=O)OCc2cc(Cl)cc(Cl)c2)C1. The Labute approximate surface area is 167 Å². The molecule has 148 valence electrons. The lowest BCUT2D eigenvalue weighted by atomic mass is 10.1. The molecule has 1 aromatic rings. The van der Waals surface area contributed by atoms with Crippen molar-refractivity contribution in [2.75, 3.05) is 19.6 Å². The van der Waals surface area contributed by atoms with Gasteiger partial charge < -0.3 is 15.0 Å². The molecule has 10 heteroatoms. The average Bonchev–Trinajstić information content (AvgIpc) is 3.08. The molecular weight excluding hydrogens is 393 g/mol. The summed E-state index contributed by atoms with van der Waals surface area (Å²) >= 11 is 11.8. The highest BCUT2D eigenvalue weighted by atomic mass is 35.5. The Morgan fingerprint density at radius 3 is 2.63 bits per heavy atom. The van der Waals surface area contributed by atoms with Gasteiger partial charge in [-0.3, -0.25) is 4.79 Å². The van der Waals surface area contributed by atoms with Crippen LogP contribution in [0.15, 0.2) is 18.2 Å². The van der Waals surface area contributed by atoms with Crippen molar-refractivity contribution in [3.8, 4) is 0 Å². The number of hydrogen-bond acceptors (Lipinski definition) is 6. The highest BCUT2D eigenvalue weighted by Gasteiger charge is 2.32. The van der Waals surface area contributed by atoms with E-state index < -0.39 is 6.09 Å². The van der Waals surface area contributed by atoms with Gasteiger partial charge >= 0.3 is 6.09 Å². The van der Waals surface area contributed by atoms with Crippen molar-refractivity contribution < 1.29 is 14.3 Å². The summed E-state index contributed by atoms with van der Waals surface area (Å²) in [5.74, 6) is 0.0144. The second kappa shape index (κ2) is 9.57. The van der Waals surface area contributed by atoms with Crippen LogP contribution < -0.4 is 21.7 Å². The van der Waals surface area contributed by atoms with E-state index in [0.29, 0.717) is 35.6 Å². The number of amides is 2. The Balaban J connectivity index is 1.29. The molecule has 2 saturated heterocycles. The molecule has 0 radical (unpaired) electrons. The van der Waals surface area contributed by atoms with Gasteiger partial charge in [-0.1, -0.05) is 23.2 Å². The monoisotopic (exact) mass is 415 g/mol. The number of hydrogen-bond donors (Lipinski definition) is 4. The number of carbonyl (C=O) groups excluding carboxylic acids is 2. The number of benzene rings is 1. The van der Waals surface area contributed by atoms with E-state index in [-0.39, 0.29) is 18.6 Å². The normalized spacial score (nSPS) is 19.6. The number of nitrogens with zero attached hydrogens (tertiary/aromatic N) is 1. The molecule has 1 aromatic carbocycles. The third-order valence-corrected chi connectivity index (χ3v) is 4.90. The van der Waals surface area contributed by atoms with Crippen LogP contribution in [0, 0.1) is 0 Å². The number of nitrogens with one attached hydrogen (secondary N) is 4. The van der Waals surface area contributed by atoms with Crippen LogP contribution >= 0.6 is 23.2 Å². The predicted octanol–water partition coefficient (Wildman–Crippen LogP) is 1.58. The lowest BCUT2D eigenvalue weighted by molar-refractivity contribution is -0.123. The van der Waals surface area contributed by atoms with E-state index in [1.807, 2.05) is 0 Å². The molecule has 1 atom stereocenters. The highest BCUT2D eigenvalue weighted by molar-refractivity contribution is 6.34. The van der Waals surface area contributed by atoms with E-state index in [0.717, 1.165) is 24.9 Å². The van der Waals surface area contributed by atoms with Gasteiger partial charge in [0, 0.05) is 42.1 Å². The maximum absolute atomic E-state index is 12.0. The first-order valence-corrected chi connectivity index (χ1v) is 9.64. The maximum Gasteiger partial charge on any atom is 0.410 e. The average molecular weight is 416 g/mol.